The number of nitrogens with one attached hydrogen (secondary N) is 1. The van der Waals surface area contributed by atoms with Crippen molar-refractivity contribution in [3.05, 3.63) is 0 Å². The summed E-state index contributed by atoms with van der Waals surface area (Å²) in [5, 5.41) is 3.56. The van der Waals surface area contributed by atoms with E-state index in [9.17, 15) is 0 Å². The molecule has 0 aromatic carbocycles. The Balaban J connectivity index is 1.72. The monoisotopic (exact) mass is 199 g/mol. The molecule has 1 N–H and O–H groups in total. The third-order valence-electron chi connectivity index (χ3n) is 2.91. The van der Waals surface area contributed by atoms with Gasteiger partial charge in [0.1, 0.15) is 0 Å². The molecule has 1 fully saturated rings. The van der Waals surface area contributed by atoms with E-state index in [0.29, 0.717) is 0 Å². The Bertz CT molecular complexity index is 132. The van der Waals surface area contributed by atoms with Gasteiger partial charge in [-0.05, 0) is 38.1 Å². The lowest BCUT2D eigenvalue weighted by Gasteiger charge is -2.33. The van der Waals surface area contributed by atoms with E-state index in [1.807, 2.05) is 0 Å². The fourth-order valence-corrected chi connectivity index (χ4v) is 1.90. The van der Waals surface area contributed by atoms with E-state index in [-0.39, 0.29) is 0 Å². The van der Waals surface area contributed by atoms with Gasteiger partial charge in [-0.1, -0.05) is 20.3 Å². The van der Waals surface area contributed by atoms with Crippen molar-refractivity contribution in [2.24, 2.45) is 5.92 Å². The number of hydrogen-bond acceptors (Lipinski definition) is 2. The molecule has 84 valence electrons. The van der Waals surface area contributed by atoms with Gasteiger partial charge in [-0.2, -0.15) is 0 Å². The molecule has 0 aromatic heterocycles. The summed E-state index contributed by atoms with van der Waals surface area (Å²) < 4.78 is 5.49. The average Bonchev–Trinajstić information content (AvgIpc) is 2.13. The van der Waals surface area contributed by atoms with Gasteiger partial charge in [-0.3, -0.25) is 0 Å². The maximum atomic E-state index is 5.49. The summed E-state index contributed by atoms with van der Waals surface area (Å²) in [7, 11) is 0. The summed E-state index contributed by atoms with van der Waals surface area (Å²) in [5.74, 6) is 0.952. The van der Waals surface area contributed by atoms with Gasteiger partial charge in [0.2, 0.25) is 0 Å². The van der Waals surface area contributed by atoms with Crippen LogP contribution in [0, 0.1) is 5.92 Å². The van der Waals surface area contributed by atoms with E-state index in [1.54, 1.807) is 0 Å². The highest BCUT2D eigenvalue weighted by Gasteiger charge is 2.23. The quantitative estimate of drug-likeness (QED) is 0.607. The number of ether oxygens (including phenoxy) is 1. The minimum atomic E-state index is 0.806. The molecule has 0 unspecified atom stereocenters. The van der Waals surface area contributed by atoms with Crippen molar-refractivity contribution < 1.29 is 4.74 Å². The van der Waals surface area contributed by atoms with E-state index in [4.69, 9.17) is 4.74 Å². The highest BCUT2D eigenvalue weighted by molar-refractivity contribution is 4.81. The highest BCUT2D eigenvalue weighted by Crippen LogP contribution is 2.25. The Kier molecular flexibility index (Phi) is 6.20. The van der Waals surface area contributed by atoms with Gasteiger partial charge in [0.05, 0.1) is 0 Å². The molecule has 0 spiro atoms. The zero-order valence-corrected chi connectivity index (χ0v) is 9.72. The summed E-state index contributed by atoms with van der Waals surface area (Å²) in [6.07, 6.45) is 6.34. The maximum Gasteiger partial charge on any atom is 0.0478 e. The first-order chi connectivity index (χ1) is 6.83. The summed E-state index contributed by atoms with van der Waals surface area (Å²) in [6.45, 7) is 7.52. The Morgan fingerprint density at radius 2 is 1.93 bits per heavy atom. The van der Waals surface area contributed by atoms with Crippen molar-refractivity contribution >= 4 is 0 Å². The Labute approximate surface area is 88.4 Å². The molecule has 14 heavy (non-hydrogen) atoms. The standard InChI is InChI=1S/C12H25NO/c1-3-4-7-14-8-5-6-13-12-9-11(2)10-12/h11-13H,3-10H2,1-2H3. The summed E-state index contributed by atoms with van der Waals surface area (Å²) >= 11 is 0. The molecular formula is C12H25NO. The van der Waals surface area contributed by atoms with Crippen LogP contribution < -0.4 is 5.32 Å². The van der Waals surface area contributed by atoms with Crippen molar-refractivity contribution in [3.63, 3.8) is 0 Å². The largest absolute Gasteiger partial charge is 0.381 e. The third kappa shape index (κ3) is 4.97. The van der Waals surface area contributed by atoms with E-state index in [2.05, 4.69) is 19.2 Å². The molecular weight excluding hydrogens is 174 g/mol. The van der Waals surface area contributed by atoms with Gasteiger partial charge < -0.3 is 10.1 Å². The highest BCUT2D eigenvalue weighted by atomic mass is 16.5. The predicted octanol–water partition coefficient (Wildman–Crippen LogP) is 2.58. The molecule has 0 amide bonds. The summed E-state index contributed by atoms with van der Waals surface area (Å²) in [6, 6.07) is 0.806. The minimum Gasteiger partial charge on any atom is -0.381 e. The third-order valence-corrected chi connectivity index (χ3v) is 2.91. The van der Waals surface area contributed by atoms with Gasteiger partial charge in [-0.15, -0.1) is 0 Å². The molecule has 2 nitrogen and oxygen atoms in total. The van der Waals surface area contributed by atoms with Crippen molar-refractivity contribution in [2.45, 2.75) is 52.0 Å². The Morgan fingerprint density at radius 3 is 2.57 bits per heavy atom. The first-order valence-corrected chi connectivity index (χ1v) is 6.14. The van der Waals surface area contributed by atoms with E-state index in [0.717, 1.165) is 38.1 Å². The zero-order valence-electron chi connectivity index (χ0n) is 9.72. The van der Waals surface area contributed by atoms with Crippen molar-refractivity contribution in [3.8, 4) is 0 Å². The van der Waals surface area contributed by atoms with Crippen LogP contribution in [-0.4, -0.2) is 25.8 Å². The number of hydrogen-bond donors (Lipinski definition) is 1. The second-order valence-corrected chi connectivity index (χ2v) is 4.55. The average molecular weight is 199 g/mol. The fraction of sp³-hybridized carbons (Fsp3) is 1.00. The van der Waals surface area contributed by atoms with Crippen LogP contribution in [0.5, 0.6) is 0 Å². The molecule has 1 rings (SSSR count). The minimum absolute atomic E-state index is 0.806. The van der Waals surface area contributed by atoms with Crippen LogP contribution in [0.25, 0.3) is 0 Å². The Hall–Kier alpha value is -0.0800. The molecule has 2 heteroatoms. The molecule has 0 atom stereocenters. The van der Waals surface area contributed by atoms with Crippen molar-refractivity contribution in [2.75, 3.05) is 19.8 Å². The molecule has 0 saturated heterocycles. The molecule has 0 heterocycles. The summed E-state index contributed by atoms with van der Waals surface area (Å²) in [5.41, 5.74) is 0. The lowest BCUT2D eigenvalue weighted by Crippen LogP contribution is -2.40. The first-order valence-electron chi connectivity index (χ1n) is 6.14. The lowest BCUT2D eigenvalue weighted by atomic mass is 9.82. The van der Waals surface area contributed by atoms with Crippen molar-refractivity contribution in [1.82, 2.24) is 5.32 Å². The van der Waals surface area contributed by atoms with Crippen LogP contribution in [0.1, 0.15) is 46.0 Å². The molecule has 1 aliphatic rings. The van der Waals surface area contributed by atoms with Crippen LogP contribution >= 0.6 is 0 Å². The van der Waals surface area contributed by atoms with Gasteiger partial charge in [0.25, 0.3) is 0 Å². The number of unbranched alkanes of at least 4 members (excludes halogenated alkanes) is 1. The second kappa shape index (κ2) is 7.24. The second-order valence-electron chi connectivity index (χ2n) is 4.55. The Morgan fingerprint density at radius 1 is 1.21 bits per heavy atom. The van der Waals surface area contributed by atoms with E-state index in [1.165, 1.54) is 25.7 Å². The van der Waals surface area contributed by atoms with Crippen LogP contribution in [0.3, 0.4) is 0 Å². The maximum absolute atomic E-state index is 5.49. The van der Waals surface area contributed by atoms with Gasteiger partial charge in [0.15, 0.2) is 0 Å². The normalized spacial score (nSPS) is 26.1. The van der Waals surface area contributed by atoms with E-state index >= 15 is 0 Å². The SMILES string of the molecule is CCCCOCCCNC1CC(C)C1. The molecule has 0 aliphatic heterocycles. The topological polar surface area (TPSA) is 21.3 Å². The van der Waals surface area contributed by atoms with Gasteiger partial charge >= 0.3 is 0 Å². The summed E-state index contributed by atoms with van der Waals surface area (Å²) in [4.78, 5) is 0. The lowest BCUT2D eigenvalue weighted by molar-refractivity contribution is 0.126. The van der Waals surface area contributed by atoms with Gasteiger partial charge in [0, 0.05) is 19.3 Å². The molecule has 1 aliphatic carbocycles. The van der Waals surface area contributed by atoms with Crippen LogP contribution in [0.2, 0.25) is 0 Å². The molecule has 0 aromatic rings. The van der Waals surface area contributed by atoms with Crippen molar-refractivity contribution in [1.29, 1.82) is 0 Å². The number of rotatable bonds is 8. The predicted molar refractivity (Wildman–Crippen MR) is 60.5 cm³/mol. The molecule has 0 bridgehead atoms. The smallest absolute Gasteiger partial charge is 0.0478 e. The zero-order chi connectivity index (χ0) is 10.2. The van der Waals surface area contributed by atoms with Crippen LogP contribution in [0.15, 0.2) is 0 Å². The molecule has 1 saturated carbocycles. The van der Waals surface area contributed by atoms with Crippen LogP contribution in [0.4, 0.5) is 0 Å². The fourth-order valence-electron chi connectivity index (χ4n) is 1.90. The molecule has 0 radical (unpaired) electrons. The first kappa shape index (κ1) is 12.0. The van der Waals surface area contributed by atoms with Gasteiger partial charge in [-0.25, -0.2) is 0 Å². The van der Waals surface area contributed by atoms with Crippen LogP contribution in [-0.2, 0) is 4.74 Å². The van der Waals surface area contributed by atoms with E-state index < -0.39 is 0 Å².